The zero-order valence-electron chi connectivity index (χ0n) is 16.6. The molecule has 0 aliphatic carbocycles. The first kappa shape index (κ1) is 20.7. The Kier molecular flexibility index (Phi) is 7.09. The van der Waals surface area contributed by atoms with Crippen molar-refractivity contribution in [2.24, 2.45) is 0 Å². The number of aryl methyl sites for hydroxylation is 1. The summed E-state index contributed by atoms with van der Waals surface area (Å²) in [6.45, 7) is 3.05. The number of likely N-dealkylation sites (tertiary alicyclic amines) is 1. The Bertz CT molecular complexity index is 916. The molecule has 3 rings (SSSR count). The maximum Gasteiger partial charge on any atom is 0.246 e. The van der Waals surface area contributed by atoms with Gasteiger partial charge in [0, 0.05) is 25.1 Å². The molecule has 1 fully saturated rings. The van der Waals surface area contributed by atoms with E-state index in [-0.39, 0.29) is 11.7 Å². The van der Waals surface area contributed by atoms with Crippen molar-refractivity contribution in [3.63, 3.8) is 0 Å². The van der Waals surface area contributed by atoms with Crippen LogP contribution in [0.2, 0.25) is 0 Å². The number of carbonyl (C=O) groups excluding carboxylic acids is 2. The highest BCUT2D eigenvalue weighted by molar-refractivity contribution is 5.94. The van der Waals surface area contributed by atoms with E-state index in [0.717, 1.165) is 25.9 Å². The van der Waals surface area contributed by atoms with Gasteiger partial charge in [-0.15, -0.1) is 0 Å². The largest absolute Gasteiger partial charge is 0.388 e. The minimum Gasteiger partial charge on any atom is -0.388 e. The average Bonchev–Trinajstić information content (AvgIpc) is 2.76. The molecule has 0 spiro atoms. The molecule has 5 heteroatoms. The monoisotopic (exact) mass is 390 g/mol. The molecule has 0 bridgehead atoms. The summed E-state index contributed by atoms with van der Waals surface area (Å²) in [4.78, 5) is 30.1. The predicted molar refractivity (Wildman–Crippen MR) is 114 cm³/mol. The number of piperidine rings is 1. The van der Waals surface area contributed by atoms with Gasteiger partial charge in [0.05, 0.1) is 11.4 Å². The second-order valence-corrected chi connectivity index (χ2v) is 7.31. The van der Waals surface area contributed by atoms with E-state index in [9.17, 15) is 9.59 Å². The number of carbonyl (C=O) groups is 2. The van der Waals surface area contributed by atoms with Gasteiger partial charge in [-0.2, -0.15) is 0 Å². The zero-order chi connectivity index (χ0) is 20.6. The van der Waals surface area contributed by atoms with Crippen LogP contribution in [0.5, 0.6) is 0 Å². The molecule has 1 amide bonds. The van der Waals surface area contributed by atoms with E-state index >= 15 is 0 Å². The molecule has 1 unspecified atom stereocenters. The first-order chi connectivity index (χ1) is 14.0. The molecule has 1 aliphatic heterocycles. The van der Waals surface area contributed by atoms with Crippen LogP contribution in [0.1, 0.15) is 41.3 Å². The summed E-state index contributed by atoms with van der Waals surface area (Å²) in [6.07, 6.45) is 8.19. The molecule has 2 aromatic rings. The average molecular weight is 390 g/mol. The van der Waals surface area contributed by atoms with Crippen LogP contribution in [0.15, 0.2) is 54.6 Å². The van der Waals surface area contributed by atoms with Crippen molar-refractivity contribution < 1.29 is 14.7 Å². The van der Waals surface area contributed by atoms with Crippen molar-refractivity contribution in [3.05, 3.63) is 77.1 Å². The third-order valence-corrected chi connectivity index (χ3v) is 5.07. The lowest BCUT2D eigenvalue weighted by atomic mass is 9.90. The lowest BCUT2D eigenvalue weighted by molar-refractivity contribution is -0.127. The molecule has 2 heterocycles. The second kappa shape index (κ2) is 9.94. The number of hydrogen-bond donors (Lipinski definition) is 1. The van der Waals surface area contributed by atoms with Gasteiger partial charge in [-0.3, -0.25) is 9.59 Å². The fourth-order valence-corrected chi connectivity index (χ4v) is 3.44. The Morgan fingerprint density at radius 2 is 1.79 bits per heavy atom. The van der Waals surface area contributed by atoms with E-state index < -0.39 is 6.61 Å². The molecule has 150 valence electrons. The van der Waals surface area contributed by atoms with Gasteiger partial charge in [0.15, 0.2) is 5.78 Å². The third kappa shape index (κ3) is 5.96. The number of nitrogens with zero attached hydrogens (tertiary/aromatic N) is 2. The molecule has 1 saturated heterocycles. The fourth-order valence-electron chi connectivity index (χ4n) is 3.44. The molecule has 1 aromatic heterocycles. The second-order valence-electron chi connectivity index (χ2n) is 7.31. The Morgan fingerprint density at radius 1 is 1.10 bits per heavy atom. The molecule has 1 aliphatic rings. The highest BCUT2D eigenvalue weighted by Gasteiger charge is 2.23. The maximum atomic E-state index is 12.7. The van der Waals surface area contributed by atoms with Crippen LogP contribution in [0.25, 0.3) is 12.2 Å². The minimum absolute atomic E-state index is 0.0139. The Morgan fingerprint density at radius 3 is 2.48 bits per heavy atom. The van der Waals surface area contributed by atoms with Crippen molar-refractivity contribution >= 4 is 23.8 Å². The van der Waals surface area contributed by atoms with Crippen molar-refractivity contribution in [1.82, 2.24) is 9.88 Å². The number of rotatable bonds is 6. The van der Waals surface area contributed by atoms with Crippen molar-refractivity contribution in [2.75, 3.05) is 19.7 Å². The number of ketones is 1. The van der Waals surface area contributed by atoms with Gasteiger partial charge < -0.3 is 10.0 Å². The van der Waals surface area contributed by atoms with Gasteiger partial charge in [-0.25, -0.2) is 4.98 Å². The normalized spacial score (nSPS) is 17.2. The molecule has 0 saturated carbocycles. The topological polar surface area (TPSA) is 70.5 Å². The van der Waals surface area contributed by atoms with Crippen molar-refractivity contribution in [3.8, 4) is 0 Å². The Hall–Kier alpha value is -3.05. The van der Waals surface area contributed by atoms with E-state index in [0.29, 0.717) is 17.3 Å². The highest BCUT2D eigenvalue weighted by atomic mass is 16.3. The zero-order valence-corrected chi connectivity index (χ0v) is 16.6. The summed E-state index contributed by atoms with van der Waals surface area (Å²) >= 11 is 0. The lowest BCUT2D eigenvalue weighted by Crippen LogP contribution is -2.38. The first-order valence-electron chi connectivity index (χ1n) is 9.87. The van der Waals surface area contributed by atoms with Crippen LogP contribution < -0.4 is 0 Å². The number of aliphatic hydroxyl groups excluding tert-OH is 1. The summed E-state index contributed by atoms with van der Waals surface area (Å²) in [7, 11) is 0. The molecule has 1 aromatic carbocycles. The van der Waals surface area contributed by atoms with Crippen LogP contribution in [0.3, 0.4) is 0 Å². The molecular formula is C24H26N2O3. The van der Waals surface area contributed by atoms with Gasteiger partial charge in [0.25, 0.3) is 0 Å². The molecule has 5 nitrogen and oxygen atoms in total. The number of aliphatic hydroxyl groups is 1. The highest BCUT2D eigenvalue weighted by Crippen LogP contribution is 2.27. The molecule has 1 atom stereocenters. The molecular weight excluding hydrogens is 364 g/mol. The number of aromatic nitrogens is 1. The quantitative estimate of drug-likeness (QED) is 0.768. The molecule has 0 radical (unpaired) electrons. The van der Waals surface area contributed by atoms with Gasteiger partial charge in [-0.1, -0.05) is 35.9 Å². The van der Waals surface area contributed by atoms with Crippen LogP contribution in [0, 0.1) is 6.92 Å². The summed E-state index contributed by atoms with van der Waals surface area (Å²) in [5, 5.41) is 8.77. The summed E-state index contributed by atoms with van der Waals surface area (Å²) < 4.78 is 0. The number of benzene rings is 1. The molecule has 1 N–H and O–H groups in total. The van der Waals surface area contributed by atoms with Crippen LogP contribution in [0.4, 0.5) is 0 Å². The number of pyridine rings is 1. The Balaban J connectivity index is 1.63. The van der Waals surface area contributed by atoms with E-state index in [1.165, 1.54) is 17.2 Å². The van der Waals surface area contributed by atoms with E-state index in [4.69, 9.17) is 5.11 Å². The Labute approximate surface area is 171 Å². The van der Waals surface area contributed by atoms with Crippen LogP contribution in [-0.4, -0.2) is 46.4 Å². The van der Waals surface area contributed by atoms with Crippen molar-refractivity contribution in [2.45, 2.75) is 25.7 Å². The summed E-state index contributed by atoms with van der Waals surface area (Å²) in [5.74, 6) is -0.0199. The SMILES string of the molecule is Cc1ccc(C2CCCN(C(=O)/C=C/c3cccc(/C=C/C(=O)CO)n3)C2)cc1. The van der Waals surface area contributed by atoms with Gasteiger partial charge >= 0.3 is 0 Å². The van der Waals surface area contributed by atoms with E-state index in [1.54, 1.807) is 30.4 Å². The van der Waals surface area contributed by atoms with E-state index in [2.05, 4.69) is 36.2 Å². The smallest absolute Gasteiger partial charge is 0.246 e. The number of amides is 1. The van der Waals surface area contributed by atoms with E-state index in [1.807, 2.05) is 11.0 Å². The summed E-state index contributed by atoms with van der Waals surface area (Å²) in [5.41, 5.74) is 3.77. The van der Waals surface area contributed by atoms with Gasteiger partial charge in [0.1, 0.15) is 6.61 Å². The predicted octanol–water partition coefficient (Wildman–Crippen LogP) is 3.38. The van der Waals surface area contributed by atoms with Crippen molar-refractivity contribution in [1.29, 1.82) is 0 Å². The standard InChI is InChI=1S/C24H26N2O3/c1-18-7-9-19(10-8-18)20-4-3-15-26(16-20)24(29)14-12-22-6-2-5-21(25-22)11-13-23(28)17-27/h2,5-14,20,27H,3-4,15-17H2,1H3/b13-11+,14-12+. The van der Waals surface area contributed by atoms with Gasteiger partial charge in [0.2, 0.25) is 5.91 Å². The maximum absolute atomic E-state index is 12.7. The number of hydrogen-bond acceptors (Lipinski definition) is 4. The van der Waals surface area contributed by atoms with Crippen LogP contribution >= 0.6 is 0 Å². The summed E-state index contributed by atoms with van der Waals surface area (Å²) in [6, 6.07) is 13.9. The fraction of sp³-hybridized carbons (Fsp3) is 0.292. The first-order valence-corrected chi connectivity index (χ1v) is 9.87. The minimum atomic E-state index is -0.524. The lowest BCUT2D eigenvalue weighted by Gasteiger charge is -2.32. The van der Waals surface area contributed by atoms with Crippen LogP contribution in [-0.2, 0) is 9.59 Å². The third-order valence-electron chi connectivity index (χ3n) is 5.07. The van der Waals surface area contributed by atoms with Gasteiger partial charge in [-0.05, 0) is 55.7 Å². The molecule has 29 heavy (non-hydrogen) atoms.